The van der Waals surface area contributed by atoms with E-state index in [2.05, 4.69) is 17.7 Å². The van der Waals surface area contributed by atoms with Gasteiger partial charge < -0.3 is 4.74 Å². The highest BCUT2D eigenvalue weighted by molar-refractivity contribution is 5.03. The number of nitriles is 1. The summed E-state index contributed by atoms with van der Waals surface area (Å²) in [4.78, 5) is 0. The van der Waals surface area contributed by atoms with Crippen molar-refractivity contribution >= 4 is 0 Å². The van der Waals surface area contributed by atoms with Crippen molar-refractivity contribution in [2.45, 2.75) is 45.2 Å². The summed E-state index contributed by atoms with van der Waals surface area (Å²) in [5.74, 6) is 0.539. The van der Waals surface area contributed by atoms with Crippen LogP contribution >= 0.6 is 0 Å². The third-order valence-electron chi connectivity index (χ3n) is 3.52. The van der Waals surface area contributed by atoms with Crippen LogP contribution < -0.4 is 0 Å². The molecule has 17 heavy (non-hydrogen) atoms. The lowest BCUT2D eigenvalue weighted by Gasteiger charge is -2.20. The Morgan fingerprint density at radius 1 is 1.47 bits per heavy atom. The normalized spacial score (nSPS) is 29.2. The number of alkyl halides is 3. The van der Waals surface area contributed by atoms with Gasteiger partial charge in [-0.1, -0.05) is 13.3 Å². The molecule has 0 heterocycles. The van der Waals surface area contributed by atoms with Crippen LogP contribution in [0.4, 0.5) is 13.2 Å². The van der Waals surface area contributed by atoms with Crippen LogP contribution in [0.2, 0.25) is 0 Å². The van der Waals surface area contributed by atoms with Crippen molar-refractivity contribution in [3.63, 3.8) is 0 Å². The Labute approximate surface area is 99.8 Å². The smallest absolute Gasteiger partial charge is 0.372 e. The zero-order valence-electron chi connectivity index (χ0n) is 10.0. The predicted molar refractivity (Wildman–Crippen MR) is 57.2 cm³/mol. The largest absolute Gasteiger partial charge is 0.411 e. The van der Waals surface area contributed by atoms with E-state index in [0.717, 1.165) is 25.7 Å². The number of rotatable bonds is 5. The second-order valence-electron chi connectivity index (χ2n) is 4.83. The van der Waals surface area contributed by atoms with Gasteiger partial charge in [-0.25, -0.2) is 0 Å². The number of nitrogens with zero attached hydrogens (tertiary/aromatic N) is 1. The SMILES string of the molecule is CCC1CCC(C#N)(CCOCC(F)(F)F)C1. The molecule has 0 aliphatic heterocycles. The first-order valence-electron chi connectivity index (χ1n) is 5.96. The van der Waals surface area contributed by atoms with Gasteiger partial charge in [0.1, 0.15) is 6.61 Å². The van der Waals surface area contributed by atoms with Crippen LogP contribution in [0.15, 0.2) is 0 Å². The number of hydrogen-bond acceptors (Lipinski definition) is 2. The fourth-order valence-electron chi connectivity index (χ4n) is 2.43. The molecule has 1 fully saturated rings. The summed E-state index contributed by atoms with van der Waals surface area (Å²) in [6, 6.07) is 2.28. The topological polar surface area (TPSA) is 33.0 Å². The third-order valence-corrected chi connectivity index (χ3v) is 3.52. The number of halogens is 3. The Balaban J connectivity index is 2.32. The van der Waals surface area contributed by atoms with Crippen molar-refractivity contribution in [1.82, 2.24) is 0 Å². The van der Waals surface area contributed by atoms with Crippen molar-refractivity contribution in [2.75, 3.05) is 13.2 Å². The van der Waals surface area contributed by atoms with E-state index < -0.39 is 18.2 Å². The van der Waals surface area contributed by atoms with Crippen LogP contribution in [0.1, 0.15) is 39.0 Å². The van der Waals surface area contributed by atoms with E-state index in [1.165, 1.54) is 0 Å². The van der Waals surface area contributed by atoms with Gasteiger partial charge in [0.05, 0.1) is 11.5 Å². The molecule has 0 N–H and O–H groups in total. The molecule has 98 valence electrons. The van der Waals surface area contributed by atoms with E-state index >= 15 is 0 Å². The van der Waals surface area contributed by atoms with Crippen molar-refractivity contribution < 1.29 is 17.9 Å². The van der Waals surface area contributed by atoms with Crippen LogP contribution in [0.25, 0.3) is 0 Å². The molecular weight excluding hydrogens is 231 g/mol. The van der Waals surface area contributed by atoms with Crippen LogP contribution in [-0.2, 0) is 4.74 Å². The zero-order valence-corrected chi connectivity index (χ0v) is 10.0. The number of ether oxygens (including phenoxy) is 1. The van der Waals surface area contributed by atoms with Gasteiger partial charge in [-0.05, 0) is 31.6 Å². The van der Waals surface area contributed by atoms with Gasteiger partial charge in [-0.15, -0.1) is 0 Å². The molecule has 0 aromatic heterocycles. The molecule has 1 saturated carbocycles. The Morgan fingerprint density at radius 3 is 2.65 bits per heavy atom. The van der Waals surface area contributed by atoms with Crippen molar-refractivity contribution in [3.05, 3.63) is 0 Å². The average Bonchev–Trinajstić information content (AvgIpc) is 2.68. The molecule has 2 unspecified atom stereocenters. The van der Waals surface area contributed by atoms with E-state index in [1.807, 2.05) is 0 Å². The fraction of sp³-hybridized carbons (Fsp3) is 0.917. The minimum absolute atomic E-state index is 0.0174. The molecule has 0 saturated heterocycles. The highest BCUT2D eigenvalue weighted by atomic mass is 19.4. The molecule has 0 bridgehead atoms. The second kappa shape index (κ2) is 5.72. The maximum atomic E-state index is 11.9. The van der Waals surface area contributed by atoms with Gasteiger partial charge in [0, 0.05) is 6.61 Å². The van der Waals surface area contributed by atoms with Gasteiger partial charge in [0.2, 0.25) is 0 Å². The predicted octanol–water partition coefficient (Wildman–Crippen LogP) is 3.68. The van der Waals surface area contributed by atoms with E-state index in [0.29, 0.717) is 12.3 Å². The summed E-state index contributed by atoms with van der Waals surface area (Å²) in [6.45, 7) is 0.882. The molecular formula is C12H18F3NO. The summed E-state index contributed by atoms with van der Waals surface area (Å²) < 4.78 is 40.2. The summed E-state index contributed by atoms with van der Waals surface area (Å²) in [6.07, 6.45) is -0.236. The van der Waals surface area contributed by atoms with Gasteiger partial charge in [-0.2, -0.15) is 18.4 Å². The van der Waals surface area contributed by atoms with Crippen LogP contribution in [-0.4, -0.2) is 19.4 Å². The quantitative estimate of drug-likeness (QED) is 0.696. The van der Waals surface area contributed by atoms with Crippen LogP contribution in [0.5, 0.6) is 0 Å². The maximum absolute atomic E-state index is 11.9. The number of hydrogen-bond donors (Lipinski definition) is 0. The summed E-state index contributed by atoms with van der Waals surface area (Å²) in [5, 5.41) is 9.16. The molecule has 2 nitrogen and oxygen atoms in total. The molecule has 5 heteroatoms. The molecule has 0 aromatic rings. The lowest BCUT2D eigenvalue weighted by Crippen LogP contribution is -2.21. The lowest BCUT2D eigenvalue weighted by molar-refractivity contribution is -0.175. The molecule has 0 amide bonds. The Morgan fingerprint density at radius 2 is 2.18 bits per heavy atom. The van der Waals surface area contributed by atoms with E-state index in [1.54, 1.807) is 0 Å². The van der Waals surface area contributed by atoms with E-state index in [9.17, 15) is 13.2 Å². The average molecular weight is 249 g/mol. The molecule has 1 aliphatic carbocycles. The van der Waals surface area contributed by atoms with E-state index in [-0.39, 0.29) is 6.61 Å². The second-order valence-corrected chi connectivity index (χ2v) is 4.83. The molecule has 1 aliphatic rings. The lowest BCUT2D eigenvalue weighted by atomic mass is 9.83. The first-order chi connectivity index (χ1) is 7.91. The maximum Gasteiger partial charge on any atom is 0.411 e. The third kappa shape index (κ3) is 4.55. The highest BCUT2D eigenvalue weighted by Gasteiger charge is 2.38. The minimum Gasteiger partial charge on any atom is -0.372 e. The monoisotopic (exact) mass is 249 g/mol. The van der Waals surface area contributed by atoms with Gasteiger partial charge in [-0.3, -0.25) is 0 Å². The fourth-order valence-corrected chi connectivity index (χ4v) is 2.43. The first kappa shape index (κ1) is 14.3. The van der Waals surface area contributed by atoms with Crippen molar-refractivity contribution in [3.8, 4) is 6.07 Å². The van der Waals surface area contributed by atoms with Gasteiger partial charge in [0.25, 0.3) is 0 Å². The highest BCUT2D eigenvalue weighted by Crippen LogP contribution is 2.45. The molecule has 0 aromatic carbocycles. The molecule has 0 radical (unpaired) electrons. The molecule has 0 spiro atoms. The van der Waals surface area contributed by atoms with Gasteiger partial charge >= 0.3 is 6.18 Å². The Hall–Kier alpha value is -0.760. The molecule has 2 atom stereocenters. The minimum atomic E-state index is -4.28. The van der Waals surface area contributed by atoms with Crippen LogP contribution in [0.3, 0.4) is 0 Å². The standard InChI is InChI=1S/C12H18F3NO/c1-2-10-3-4-11(7-10,8-16)5-6-17-9-12(13,14)15/h10H,2-7,9H2,1H3. The summed E-state index contributed by atoms with van der Waals surface area (Å²) in [5.41, 5.74) is -0.452. The first-order valence-corrected chi connectivity index (χ1v) is 5.96. The molecule has 1 rings (SSSR count). The Kier molecular flexibility index (Phi) is 4.81. The van der Waals surface area contributed by atoms with Crippen molar-refractivity contribution in [2.24, 2.45) is 11.3 Å². The van der Waals surface area contributed by atoms with Crippen molar-refractivity contribution in [1.29, 1.82) is 5.26 Å². The van der Waals surface area contributed by atoms with Gasteiger partial charge in [0.15, 0.2) is 0 Å². The summed E-state index contributed by atoms with van der Waals surface area (Å²) in [7, 11) is 0. The van der Waals surface area contributed by atoms with Crippen LogP contribution in [0, 0.1) is 22.7 Å². The van der Waals surface area contributed by atoms with E-state index in [4.69, 9.17) is 5.26 Å². The summed E-state index contributed by atoms with van der Waals surface area (Å²) >= 11 is 0. The Bertz CT molecular complexity index is 284. The zero-order chi connectivity index (χ0) is 12.9.